The third-order valence-corrected chi connectivity index (χ3v) is 6.24. The van der Waals surface area contributed by atoms with E-state index in [0.29, 0.717) is 9.99 Å². The van der Waals surface area contributed by atoms with Crippen LogP contribution in [0.2, 0.25) is 5.04 Å². The molecule has 0 atom stereocenters. The predicted molar refractivity (Wildman–Crippen MR) is 106 cm³/mol. The van der Waals surface area contributed by atoms with Crippen molar-refractivity contribution in [1.82, 2.24) is 9.78 Å². The van der Waals surface area contributed by atoms with Crippen LogP contribution in [0.25, 0.3) is 10.8 Å². The molecule has 4 nitrogen and oxygen atoms in total. The molecule has 1 heterocycles. The first-order valence-corrected chi connectivity index (χ1v) is 10.4. The molecular formula is C18H27BrN2O2Si. The summed E-state index contributed by atoms with van der Waals surface area (Å²) < 4.78 is 8.50. The van der Waals surface area contributed by atoms with Crippen molar-refractivity contribution in [2.24, 2.45) is 0 Å². The van der Waals surface area contributed by atoms with Crippen molar-refractivity contribution >= 4 is 36.5 Å². The molecule has 1 aromatic carbocycles. The van der Waals surface area contributed by atoms with Crippen molar-refractivity contribution in [3.05, 3.63) is 38.7 Å². The van der Waals surface area contributed by atoms with Gasteiger partial charge < -0.3 is 4.43 Å². The Labute approximate surface area is 154 Å². The minimum Gasteiger partial charge on any atom is -0.415 e. The minimum absolute atomic E-state index is 0.0133. The first kappa shape index (κ1) is 19.3. The Balaban J connectivity index is 2.54. The Bertz CT molecular complexity index is 807. The van der Waals surface area contributed by atoms with Crippen molar-refractivity contribution in [1.29, 1.82) is 0 Å². The lowest BCUT2D eigenvalue weighted by Crippen LogP contribution is -2.29. The minimum atomic E-state index is -0.693. The molecule has 0 spiro atoms. The lowest BCUT2D eigenvalue weighted by molar-refractivity contribution is 0.109. The van der Waals surface area contributed by atoms with E-state index in [-0.39, 0.29) is 16.6 Å². The van der Waals surface area contributed by atoms with Crippen molar-refractivity contribution < 1.29 is 4.43 Å². The standard InChI is InChI=1S/C18H27BrN2O2Si/c1-11(2)21-16(22)14-10-12(8-9-13(14)15(19)20-21)18(6,7)23-24-17(3,4)5/h8-11H,24H2,1-7H3. The van der Waals surface area contributed by atoms with Crippen LogP contribution in [0.3, 0.4) is 0 Å². The molecule has 0 fully saturated rings. The molecule has 0 amide bonds. The van der Waals surface area contributed by atoms with Crippen molar-refractivity contribution in [3.8, 4) is 0 Å². The van der Waals surface area contributed by atoms with E-state index in [2.05, 4.69) is 55.6 Å². The Hall–Kier alpha value is -0.983. The van der Waals surface area contributed by atoms with E-state index in [0.717, 1.165) is 10.9 Å². The monoisotopic (exact) mass is 410 g/mol. The van der Waals surface area contributed by atoms with E-state index in [1.807, 2.05) is 32.0 Å². The maximum Gasteiger partial charge on any atom is 0.274 e. The van der Waals surface area contributed by atoms with Crippen molar-refractivity contribution in [3.63, 3.8) is 0 Å². The molecule has 0 aliphatic rings. The second-order valence-corrected chi connectivity index (χ2v) is 11.7. The van der Waals surface area contributed by atoms with Gasteiger partial charge in [0, 0.05) is 5.39 Å². The summed E-state index contributed by atoms with van der Waals surface area (Å²) >= 11 is 3.49. The summed E-state index contributed by atoms with van der Waals surface area (Å²) in [6, 6.07) is 5.96. The van der Waals surface area contributed by atoms with E-state index >= 15 is 0 Å². The highest BCUT2D eigenvalue weighted by molar-refractivity contribution is 9.10. The quantitative estimate of drug-likeness (QED) is 0.705. The van der Waals surface area contributed by atoms with Crippen LogP contribution in [0.5, 0.6) is 0 Å². The fourth-order valence-corrected chi connectivity index (χ4v) is 3.90. The summed E-state index contributed by atoms with van der Waals surface area (Å²) in [4.78, 5) is 12.8. The van der Waals surface area contributed by atoms with Crippen LogP contribution >= 0.6 is 15.9 Å². The number of hydrogen-bond acceptors (Lipinski definition) is 3. The first-order chi connectivity index (χ1) is 10.9. The second-order valence-electron chi connectivity index (χ2n) is 8.25. The number of rotatable bonds is 4. The normalized spacial score (nSPS) is 13.5. The lowest BCUT2D eigenvalue weighted by atomic mass is 9.96. The summed E-state index contributed by atoms with van der Waals surface area (Å²) in [5.74, 6) is 0. The van der Waals surface area contributed by atoms with Crippen LogP contribution in [-0.4, -0.2) is 19.5 Å². The fraction of sp³-hybridized carbons (Fsp3) is 0.556. The van der Waals surface area contributed by atoms with Crippen molar-refractivity contribution in [2.75, 3.05) is 0 Å². The van der Waals surface area contributed by atoms with Crippen LogP contribution in [0, 0.1) is 0 Å². The third-order valence-electron chi connectivity index (χ3n) is 3.93. The van der Waals surface area contributed by atoms with E-state index in [1.54, 1.807) is 0 Å². The van der Waals surface area contributed by atoms with Gasteiger partial charge in [0.25, 0.3) is 5.56 Å². The summed E-state index contributed by atoms with van der Waals surface area (Å²) in [5, 5.41) is 6.10. The molecule has 132 valence electrons. The zero-order valence-corrected chi connectivity index (χ0v) is 18.6. The zero-order chi connectivity index (χ0) is 18.3. The fourth-order valence-electron chi connectivity index (χ4n) is 2.42. The maximum atomic E-state index is 12.8. The SMILES string of the molecule is CC(C)n1nc(Br)c2ccc(C(C)(C)O[SiH2]C(C)(C)C)cc2c1=O. The molecule has 0 aliphatic heterocycles. The van der Waals surface area contributed by atoms with Crippen LogP contribution < -0.4 is 5.56 Å². The van der Waals surface area contributed by atoms with Gasteiger partial charge >= 0.3 is 0 Å². The van der Waals surface area contributed by atoms with Crippen molar-refractivity contribution in [2.45, 2.75) is 65.1 Å². The third kappa shape index (κ3) is 4.16. The lowest BCUT2D eigenvalue weighted by Gasteiger charge is -2.30. The van der Waals surface area contributed by atoms with E-state index < -0.39 is 15.4 Å². The van der Waals surface area contributed by atoms with Crippen LogP contribution in [0.4, 0.5) is 0 Å². The molecule has 1 aromatic heterocycles. The molecule has 0 saturated heterocycles. The van der Waals surface area contributed by atoms with Gasteiger partial charge in [-0.1, -0.05) is 32.9 Å². The Kier molecular flexibility index (Phi) is 5.42. The highest BCUT2D eigenvalue weighted by Gasteiger charge is 2.25. The Morgan fingerprint density at radius 1 is 1.17 bits per heavy atom. The molecule has 0 aliphatic carbocycles. The highest BCUT2D eigenvalue weighted by atomic mass is 79.9. The zero-order valence-electron chi connectivity index (χ0n) is 15.6. The largest absolute Gasteiger partial charge is 0.415 e. The Morgan fingerprint density at radius 3 is 2.33 bits per heavy atom. The van der Waals surface area contributed by atoms with E-state index in [1.165, 1.54) is 4.68 Å². The van der Waals surface area contributed by atoms with Gasteiger partial charge in [0.1, 0.15) is 4.60 Å². The van der Waals surface area contributed by atoms with Gasteiger partial charge in [0.15, 0.2) is 9.76 Å². The molecule has 2 aromatic rings. The average Bonchev–Trinajstić information content (AvgIpc) is 2.47. The maximum absolute atomic E-state index is 12.8. The van der Waals surface area contributed by atoms with E-state index in [9.17, 15) is 4.79 Å². The number of fused-ring (bicyclic) bond motifs is 1. The molecule has 0 unspecified atom stereocenters. The molecule has 6 heteroatoms. The molecule has 0 saturated carbocycles. The predicted octanol–water partition coefficient (Wildman–Crippen LogP) is 4.29. The summed E-state index contributed by atoms with van der Waals surface area (Å²) in [7, 11) is -0.693. The van der Waals surface area contributed by atoms with Gasteiger partial charge in [0.2, 0.25) is 0 Å². The molecule has 24 heavy (non-hydrogen) atoms. The van der Waals surface area contributed by atoms with Gasteiger partial charge in [-0.15, -0.1) is 0 Å². The van der Waals surface area contributed by atoms with Crippen LogP contribution in [0.1, 0.15) is 60.1 Å². The average molecular weight is 411 g/mol. The topological polar surface area (TPSA) is 44.1 Å². The first-order valence-electron chi connectivity index (χ1n) is 8.29. The van der Waals surface area contributed by atoms with E-state index in [4.69, 9.17) is 4.43 Å². The van der Waals surface area contributed by atoms with Gasteiger partial charge in [-0.05, 0) is 60.3 Å². The number of benzene rings is 1. The highest BCUT2D eigenvalue weighted by Crippen LogP contribution is 2.31. The van der Waals surface area contributed by atoms with Crippen LogP contribution in [-0.2, 0) is 10.0 Å². The number of aromatic nitrogens is 2. The van der Waals surface area contributed by atoms with Gasteiger partial charge in [-0.3, -0.25) is 4.79 Å². The van der Waals surface area contributed by atoms with Crippen LogP contribution in [0.15, 0.2) is 27.6 Å². The summed E-state index contributed by atoms with van der Waals surface area (Å²) in [6.45, 7) is 14.7. The second kappa shape index (κ2) is 6.73. The summed E-state index contributed by atoms with van der Waals surface area (Å²) in [6.07, 6.45) is 0. The Morgan fingerprint density at radius 2 is 1.79 bits per heavy atom. The van der Waals surface area contributed by atoms with Gasteiger partial charge in [0.05, 0.1) is 17.0 Å². The molecule has 0 radical (unpaired) electrons. The number of halogens is 1. The molecule has 0 bridgehead atoms. The number of hydrogen-bond donors (Lipinski definition) is 0. The molecular weight excluding hydrogens is 384 g/mol. The molecule has 2 rings (SSSR count). The van der Waals surface area contributed by atoms with Gasteiger partial charge in [-0.2, -0.15) is 5.10 Å². The smallest absolute Gasteiger partial charge is 0.274 e. The summed E-state index contributed by atoms with van der Waals surface area (Å²) in [5.41, 5.74) is 0.560. The molecule has 0 N–H and O–H groups in total. The van der Waals surface area contributed by atoms with Gasteiger partial charge in [-0.25, -0.2) is 4.68 Å². The number of nitrogens with zero attached hydrogens (tertiary/aromatic N) is 2.